The Morgan fingerprint density at radius 3 is 2.86 bits per heavy atom. The largest absolute Gasteiger partial charge is 0.490 e. The van der Waals surface area contributed by atoms with E-state index in [0.717, 1.165) is 0 Å². The molecule has 0 spiro atoms. The first kappa shape index (κ1) is 11.0. The van der Waals surface area contributed by atoms with Gasteiger partial charge in [-0.2, -0.15) is 0 Å². The van der Waals surface area contributed by atoms with Crippen LogP contribution >= 0.6 is 15.9 Å². The number of benzene rings is 1. The highest BCUT2D eigenvalue weighted by Crippen LogP contribution is 2.21. The maximum absolute atomic E-state index is 13.1. The summed E-state index contributed by atoms with van der Waals surface area (Å²) in [5.41, 5.74) is 4.90. The van der Waals surface area contributed by atoms with Crippen LogP contribution in [0.5, 0.6) is 5.75 Å². The second kappa shape index (κ2) is 4.95. The molecule has 0 unspecified atom stereocenters. The first-order valence-corrected chi connectivity index (χ1v) is 4.75. The van der Waals surface area contributed by atoms with Crippen molar-refractivity contribution in [3.8, 4) is 5.75 Å². The Labute approximate surface area is 89.2 Å². The van der Waals surface area contributed by atoms with E-state index in [1.165, 1.54) is 12.1 Å². The Kier molecular flexibility index (Phi) is 3.88. The lowest BCUT2D eigenvalue weighted by atomic mass is 10.3. The van der Waals surface area contributed by atoms with Gasteiger partial charge in [0.15, 0.2) is 11.6 Å². The van der Waals surface area contributed by atoms with E-state index in [-0.39, 0.29) is 18.8 Å². The van der Waals surface area contributed by atoms with Crippen molar-refractivity contribution in [1.82, 2.24) is 0 Å². The maximum Gasteiger partial charge on any atom is 0.220 e. The van der Waals surface area contributed by atoms with Gasteiger partial charge < -0.3 is 10.5 Å². The number of ether oxygens (including phenoxy) is 1. The summed E-state index contributed by atoms with van der Waals surface area (Å²) in [6.45, 7) is 0.0912. The molecular weight excluding hydrogens is 253 g/mol. The molecule has 0 heterocycles. The van der Waals surface area contributed by atoms with E-state index in [1.54, 1.807) is 6.07 Å². The Hall–Kier alpha value is -1.10. The molecule has 0 aliphatic heterocycles. The molecule has 0 bridgehead atoms. The van der Waals surface area contributed by atoms with Gasteiger partial charge in [-0.1, -0.05) is 15.9 Å². The summed E-state index contributed by atoms with van der Waals surface area (Å²) in [5, 5.41) is 0. The highest BCUT2D eigenvalue weighted by molar-refractivity contribution is 9.10. The van der Waals surface area contributed by atoms with E-state index >= 15 is 0 Å². The molecule has 0 saturated heterocycles. The van der Waals surface area contributed by atoms with Gasteiger partial charge in [0.1, 0.15) is 0 Å². The Morgan fingerprint density at radius 1 is 1.57 bits per heavy atom. The fourth-order valence-corrected chi connectivity index (χ4v) is 1.19. The summed E-state index contributed by atoms with van der Waals surface area (Å²) >= 11 is 3.12. The second-order valence-electron chi connectivity index (χ2n) is 2.64. The van der Waals surface area contributed by atoms with Crippen molar-refractivity contribution >= 4 is 21.8 Å². The molecule has 1 aromatic rings. The molecule has 0 aromatic heterocycles. The molecule has 1 aromatic carbocycles. The van der Waals surface area contributed by atoms with Crippen molar-refractivity contribution in [2.24, 2.45) is 5.73 Å². The van der Waals surface area contributed by atoms with Crippen LogP contribution in [0.25, 0.3) is 0 Å². The van der Waals surface area contributed by atoms with Gasteiger partial charge in [-0.05, 0) is 18.2 Å². The van der Waals surface area contributed by atoms with E-state index < -0.39 is 11.7 Å². The molecule has 0 radical (unpaired) electrons. The molecule has 0 saturated carbocycles. The Balaban J connectivity index is 2.55. The predicted octanol–water partition coefficient (Wildman–Crippen LogP) is 1.84. The van der Waals surface area contributed by atoms with Crippen molar-refractivity contribution in [1.29, 1.82) is 0 Å². The van der Waals surface area contributed by atoms with Crippen LogP contribution in [0.4, 0.5) is 4.39 Å². The zero-order valence-corrected chi connectivity index (χ0v) is 8.88. The van der Waals surface area contributed by atoms with Crippen LogP contribution in [0.1, 0.15) is 6.42 Å². The molecule has 76 valence electrons. The SMILES string of the molecule is NC(=O)CCOc1ccc(Br)cc1F. The topological polar surface area (TPSA) is 52.3 Å². The average molecular weight is 262 g/mol. The normalized spacial score (nSPS) is 9.86. The van der Waals surface area contributed by atoms with Crippen molar-refractivity contribution < 1.29 is 13.9 Å². The number of hydrogen-bond acceptors (Lipinski definition) is 2. The third kappa shape index (κ3) is 3.33. The van der Waals surface area contributed by atoms with Gasteiger partial charge >= 0.3 is 0 Å². The molecule has 1 rings (SSSR count). The molecule has 14 heavy (non-hydrogen) atoms. The number of nitrogens with two attached hydrogens (primary N) is 1. The number of carbonyl (C=O) groups excluding carboxylic acids is 1. The highest BCUT2D eigenvalue weighted by atomic mass is 79.9. The Morgan fingerprint density at radius 2 is 2.29 bits per heavy atom. The molecule has 0 fully saturated rings. The average Bonchev–Trinajstić information content (AvgIpc) is 2.08. The third-order valence-electron chi connectivity index (χ3n) is 1.50. The van der Waals surface area contributed by atoms with Crippen LogP contribution in [0, 0.1) is 5.82 Å². The third-order valence-corrected chi connectivity index (χ3v) is 1.99. The summed E-state index contributed by atoms with van der Waals surface area (Å²) in [7, 11) is 0. The number of amides is 1. The van der Waals surface area contributed by atoms with Crippen molar-refractivity contribution in [2.75, 3.05) is 6.61 Å². The smallest absolute Gasteiger partial charge is 0.220 e. The van der Waals surface area contributed by atoms with Gasteiger partial charge in [-0.15, -0.1) is 0 Å². The fourth-order valence-electron chi connectivity index (χ4n) is 0.854. The minimum absolute atomic E-state index is 0.0789. The van der Waals surface area contributed by atoms with Crippen molar-refractivity contribution in [2.45, 2.75) is 6.42 Å². The monoisotopic (exact) mass is 261 g/mol. The highest BCUT2D eigenvalue weighted by Gasteiger charge is 2.04. The lowest BCUT2D eigenvalue weighted by molar-refractivity contribution is -0.118. The molecular formula is C9H9BrFNO2. The number of hydrogen-bond donors (Lipinski definition) is 1. The first-order chi connectivity index (χ1) is 6.59. The lowest BCUT2D eigenvalue weighted by Crippen LogP contribution is -2.14. The zero-order valence-electron chi connectivity index (χ0n) is 7.30. The van der Waals surface area contributed by atoms with E-state index in [9.17, 15) is 9.18 Å². The fraction of sp³-hybridized carbons (Fsp3) is 0.222. The van der Waals surface area contributed by atoms with E-state index in [2.05, 4.69) is 15.9 Å². The Bertz CT molecular complexity index is 344. The molecule has 0 aliphatic carbocycles. The summed E-state index contributed by atoms with van der Waals surface area (Å²) in [5.74, 6) is -0.819. The summed E-state index contributed by atoms with van der Waals surface area (Å²) < 4.78 is 18.7. The molecule has 2 N–H and O–H groups in total. The lowest BCUT2D eigenvalue weighted by Gasteiger charge is -2.05. The van der Waals surface area contributed by atoms with Crippen LogP contribution < -0.4 is 10.5 Å². The van der Waals surface area contributed by atoms with Gasteiger partial charge in [-0.3, -0.25) is 4.79 Å². The van der Waals surface area contributed by atoms with Crippen LogP contribution in [0.15, 0.2) is 22.7 Å². The summed E-state index contributed by atoms with van der Waals surface area (Å²) in [6.07, 6.45) is 0.0789. The quantitative estimate of drug-likeness (QED) is 0.900. The van der Waals surface area contributed by atoms with Crippen LogP contribution in [-0.2, 0) is 4.79 Å². The summed E-state index contributed by atoms with van der Waals surface area (Å²) in [6, 6.07) is 4.43. The maximum atomic E-state index is 13.1. The standard InChI is InChI=1S/C9H9BrFNO2/c10-6-1-2-8(7(11)5-6)14-4-3-9(12)13/h1-2,5H,3-4H2,(H2,12,13). The van der Waals surface area contributed by atoms with Gasteiger partial charge in [0.05, 0.1) is 13.0 Å². The van der Waals surface area contributed by atoms with Crippen LogP contribution in [0.3, 0.4) is 0 Å². The molecule has 5 heteroatoms. The van der Waals surface area contributed by atoms with Crippen molar-refractivity contribution in [3.63, 3.8) is 0 Å². The van der Waals surface area contributed by atoms with Gasteiger partial charge in [0.2, 0.25) is 5.91 Å². The van der Waals surface area contributed by atoms with E-state index in [1.807, 2.05) is 0 Å². The molecule has 0 aliphatic rings. The zero-order chi connectivity index (χ0) is 10.6. The second-order valence-corrected chi connectivity index (χ2v) is 3.56. The van der Waals surface area contributed by atoms with Crippen LogP contribution in [0.2, 0.25) is 0 Å². The molecule has 1 amide bonds. The number of carbonyl (C=O) groups is 1. The minimum Gasteiger partial charge on any atom is -0.490 e. The van der Waals surface area contributed by atoms with E-state index in [0.29, 0.717) is 4.47 Å². The van der Waals surface area contributed by atoms with Crippen LogP contribution in [-0.4, -0.2) is 12.5 Å². The summed E-state index contributed by atoms with van der Waals surface area (Å²) in [4.78, 5) is 10.4. The number of primary amides is 1. The van der Waals surface area contributed by atoms with Gasteiger partial charge in [0, 0.05) is 4.47 Å². The minimum atomic E-state index is -0.470. The van der Waals surface area contributed by atoms with Gasteiger partial charge in [0.25, 0.3) is 0 Å². The number of rotatable bonds is 4. The van der Waals surface area contributed by atoms with E-state index in [4.69, 9.17) is 10.5 Å². The molecule has 0 atom stereocenters. The first-order valence-electron chi connectivity index (χ1n) is 3.96. The number of halogens is 2. The molecule has 3 nitrogen and oxygen atoms in total. The van der Waals surface area contributed by atoms with Crippen molar-refractivity contribution in [3.05, 3.63) is 28.5 Å². The predicted molar refractivity (Wildman–Crippen MR) is 53.4 cm³/mol. The van der Waals surface area contributed by atoms with Gasteiger partial charge in [-0.25, -0.2) is 4.39 Å².